The summed E-state index contributed by atoms with van der Waals surface area (Å²) in [5, 5.41) is 9.07. The first kappa shape index (κ1) is 11.4. The van der Waals surface area contributed by atoms with Crippen LogP contribution in [-0.4, -0.2) is 20.6 Å². The van der Waals surface area contributed by atoms with Crippen LogP contribution in [0.3, 0.4) is 0 Å². The molecule has 0 saturated heterocycles. The highest BCUT2D eigenvalue weighted by molar-refractivity contribution is 5.87. The zero-order valence-electron chi connectivity index (χ0n) is 9.63. The molecule has 0 unspecified atom stereocenters. The van der Waals surface area contributed by atoms with E-state index in [9.17, 15) is 4.79 Å². The summed E-state index contributed by atoms with van der Waals surface area (Å²) in [6, 6.07) is 9.98. The molecule has 0 aliphatic carbocycles. The molecular formula is C13H14N2O2. The van der Waals surface area contributed by atoms with Gasteiger partial charge in [-0.15, -0.1) is 0 Å². The average Bonchev–Trinajstić information content (AvgIpc) is 2.69. The van der Waals surface area contributed by atoms with Crippen molar-refractivity contribution in [3.63, 3.8) is 0 Å². The van der Waals surface area contributed by atoms with Crippen molar-refractivity contribution in [2.75, 3.05) is 0 Å². The van der Waals surface area contributed by atoms with Crippen LogP contribution in [0.15, 0.2) is 36.7 Å². The number of benzene rings is 1. The SMILES string of the molecule is Cn1cnc(CCc2ccccc2)c1C(=O)O. The molecular weight excluding hydrogens is 216 g/mol. The Morgan fingerprint density at radius 2 is 2.00 bits per heavy atom. The van der Waals surface area contributed by atoms with E-state index in [0.717, 1.165) is 6.42 Å². The molecule has 0 aliphatic rings. The molecule has 4 heteroatoms. The fourth-order valence-electron chi connectivity index (χ4n) is 1.84. The van der Waals surface area contributed by atoms with Crippen molar-refractivity contribution in [3.8, 4) is 0 Å². The molecule has 17 heavy (non-hydrogen) atoms. The van der Waals surface area contributed by atoms with Crippen LogP contribution < -0.4 is 0 Å². The van der Waals surface area contributed by atoms with Gasteiger partial charge in [-0.25, -0.2) is 9.78 Å². The molecule has 2 rings (SSSR count). The number of carboxylic acid groups (broad SMARTS) is 1. The molecule has 0 amide bonds. The van der Waals surface area contributed by atoms with Crippen LogP contribution in [-0.2, 0) is 19.9 Å². The summed E-state index contributed by atoms with van der Waals surface area (Å²) >= 11 is 0. The van der Waals surface area contributed by atoms with Gasteiger partial charge in [0.15, 0.2) is 0 Å². The smallest absolute Gasteiger partial charge is 0.354 e. The predicted molar refractivity (Wildman–Crippen MR) is 64.0 cm³/mol. The lowest BCUT2D eigenvalue weighted by molar-refractivity contribution is 0.0685. The van der Waals surface area contributed by atoms with Gasteiger partial charge in [0.25, 0.3) is 0 Å². The third-order valence-corrected chi connectivity index (χ3v) is 2.71. The van der Waals surface area contributed by atoms with Crippen LogP contribution in [0.4, 0.5) is 0 Å². The second kappa shape index (κ2) is 4.82. The quantitative estimate of drug-likeness (QED) is 0.872. The van der Waals surface area contributed by atoms with Crippen LogP contribution in [0.25, 0.3) is 0 Å². The van der Waals surface area contributed by atoms with Crippen molar-refractivity contribution in [2.45, 2.75) is 12.8 Å². The Kier molecular flexibility index (Phi) is 3.23. The van der Waals surface area contributed by atoms with E-state index in [1.54, 1.807) is 17.9 Å². The summed E-state index contributed by atoms with van der Waals surface area (Å²) in [5.74, 6) is -0.923. The molecule has 1 aromatic carbocycles. The topological polar surface area (TPSA) is 55.1 Å². The molecule has 1 N–H and O–H groups in total. The molecule has 0 radical (unpaired) electrons. The lowest BCUT2D eigenvalue weighted by atomic mass is 10.1. The van der Waals surface area contributed by atoms with Gasteiger partial charge in [-0.2, -0.15) is 0 Å². The number of carbonyl (C=O) groups is 1. The molecule has 0 aliphatic heterocycles. The van der Waals surface area contributed by atoms with E-state index in [2.05, 4.69) is 4.98 Å². The van der Waals surface area contributed by atoms with Crippen molar-refractivity contribution < 1.29 is 9.90 Å². The number of hydrogen-bond donors (Lipinski definition) is 1. The van der Waals surface area contributed by atoms with E-state index in [1.807, 2.05) is 30.3 Å². The van der Waals surface area contributed by atoms with Gasteiger partial charge in [0.2, 0.25) is 0 Å². The third kappa shape index (κ3) is 2.53. The molecule has 1 aromatic heterocycles. The maximum absolute atomic E-state index is 11.1. The number of carboxylic acids is 1. The van der Waals surface area contributed by atoms with Crippen LogP contribution in [0, 0.1) is 0 Å². The van der Waals surface area contributed by atoms with Crippen molar-refractivity contribution in [1.29, 1.82) is 0 Å². The van der Waals surface area contributed by atoms with Crippen LogP contribution in [0.1, 0.15) is 21.7 Å². The van der Waals surface area contributed by atoms with Gasteiger partial charge in [-0.05, 0) is 18.4 Å². The van der Waals surface area contributed by atoms with Crippen LogP contribution in [0.5, 0.6) is 0 Å². The van der Waals surface area contributed by atoms with Crippen molar-refractivity contribution in [3.05, 3.63) is 53.6 Å². The third-order valence-electron chi connectivity index (χ3n) is 2.71. The van der Waals surface area contributed by atoms with Gasteiger partial charge in [-0.1, -0.05) is 30.3 Å². The molecule has 0 saturated carbocycles. The minimum absolute atomic E-state index is 0.279. The molecule has 0 atom stereocenters. The number of aromatic carboxylic acids is 1. The van der Waals surface area contributed by atoms with Crippen LogP contribution >= 0.6 is 0 Å². The summed E-state index contributed by atoms with van der Waals surface area (Å²) < 4.78 is 1.54. The van der Waals surface area contributed by atoms with E-state index in [1.165, 1.54) is 5.56 Å². The fourth-order valence-corrected chi connectivity index (χ4v) is 1.84. The van der Waals surface area contributed by atoms with Gasteiger partial charge < -0.3 is 9.67 Å². The number of nitrogens with zero attached hydrogens (tertiary/aromatic N) is 2. The average molecular weight is 230 g/mol. The maximum atomic E-state index is 11.1. The Labute approximate surface area is 99.5 Å². The Balaban J connectivity index is 2.12. The van der Waals surface area contributed by atoms with Gasteiger partial charge in [0.05, 0.1) is 12.0 Å². The first-order chi connectivity index (χ1) is 8.18. The maximum Gasteiger partial charge on any atom is 0.354 e. The number of rotatable bonds is 4. The van der Waals surface area contributed by atoms with Crippen LogP contribution in [0.2, 0.25) is 0 Å². The number of aromatic nitrogens is 2. The number of hydrogen-bond acceptors (Lipinski definition) is 2. The van der Waals surface area contributed by atoms with Gasteiger partial charge in [-0.3, -0.25) is 0 Å². The predicted octanol–water partition coefficient (Wildman–Crippen LogP) is 1.90. The molecule has 2 aromatic rings. The highest BCUT2D eigenvalue weighted by Gasteiger charge is 2.15. The first-order valence-electron chi connectivity index (χ1n) is 5.46. The lowest BCUT2D eigenvalue weighted by Crippen LogP contribution is -2.08. The summed E-state index contributed by atoms with van der Waals surface area (Å²) in [6.07, 6.45) is 2.99. The molecule has 88 valence electrons. The van der Waals surface area contributed by atoms with E-state index in [4.69, 9.17) is 5.11 Å². The number of imidazole rings is 1. The largest absolute Gasteiger partial charge is 0.477 e. The standard InChI is InChI=1S/C13H14N2O2/c1-15-9-14-11(12(15)13(16)17)8-7-10-5-3-2-4-6-10/h2-6,9H,7-8H2,1H3,(H,16,17). The first-order valence-corrected chi connectivity index (χ1v) is 5.46. The minimum atomic E-state index is -0.923. The van der Waals surface area contributed by atoms with Gasteiger partial charge in [0.1, 0.15) is 5.69 Å². The molecule has 0 bridgehead atoms. The molecule has 4 nitrogen and oxygen atoms in total. The fraction of sp³-hybridized carbons (Fsp3) is 0.231. The summed E-state index contributed by atoms with van der Waals surface area (Å²) in [6.45, 7) is 0. The zero-order chi connectivity index (χ0) is 12.3. The second-order valence-corrected chi connectivity index (χ2v) is 3.94. The minimum Gasteiger partial charge on any atom is -0.477 e. The van der Waals surface area contributed by atoms with Gasteiger partial charge >= 0.3 is 5.97 Å². The highest BCUT2D eigenvalue weighted by atomic mass is 16.4. The molecule has 1 heterocycles. The normalized spacial score (nSPS) is 10.4. The Morgan fingerprint density at radius 3 is 2.65 bits per heavy atom. The van der Waals surface area contributed by atoms with E-state index >= 15 is 0 Å². The molecule has 0 spiro atoms. The summed E-state index contributed by atoms with van der Waals surface area (Å²) in [5.41, 5.74) is 2.11. The van der Waals surface area contributed by atoms with Crippen molar-refractivity contribution in [1.82, 2.24) is 9.55 Å². The van der Waals surface area contributed by atoms with Crippen molar-refractivity contribution >= 4 is 5.97 Å². The van der Waals surface area contributed by atoms with E-state index in [-0.39, 0.29) is 5.69 Å². The van der Waals surface area contributed by atoms with Crippen molar-refractivity contribution in [2.24, 2.45) is 7.05 Å². The second-order valence-electron chi connectivity index (χ2n) is 3.94. The Hall–Kier alpha value is -2.10. The summed E-state index contributed by atoms with van der Waals surface area (Å²) in [4.78, 5) is 15.2. The number of aryl methyl sites for hydroxylation is 3. The summed E-state index contributed by atoms with van der Waals surface area (Å²) in [7, 11) is 1.70. The Morgan fingerprint density at radius 1 is 1.29 bits per heavy atom. The highest BCUT2D eigenvalue weighted by Crippen LogP contribution is 2.10. The van der Waals surface area contributed by atoms with Gasteiger partial charge in [0, 0.05) is 7.05 Å². The van der Waals surface area contributed by atoms with E-state index < -0.39 is 5.97 Å². The zero-order valence-corrected chi connectivity index (χ0v) is 9.63. The lowest BCUT2D eigenvalue weighted by Gasteiger charge is -2.01. The monoisotopic (exact) mass is 230 g/mol. The molecule has 0 fully saturated rings. The van der Waals surface area contributed by atoms with E-state index in [0.29, 0.717) is 12.1 Å². The Bertz CT molecular complexity index is 517.